The molecule has 0 bridgehead atoms. The molecule has 20 heavy (non-hydrogen) atoms. The average molecular weight is 346 g/mol. The van der Waals surface area contributed by atoms with Crippen LogP contribution < -0.4 is 5.32 Å². The van der Waals surface area contributed by atoms with Crippen LogP contribution in [-0.2, 0) is 26.4 Å². The van der Waals surface area contributed by atoms with Gasteiger partial charge in [0, 0.05) is 47.3 Å². The van der Waals surface area contributed by atoms with Crippen molar-refractivity contribution in [3.05, 3.63) is 16.0 Å². The summed E-state index contributed by atoms with van der Waals surface area (Å²) in [5.41, 5.74) is 0.331. The first-order valence-electron chi connectivity index (χ1n) is 6.53. The van der Waals surface area contributed by atoms with Crippen molar-refractivity contribution in [1.82, 2.24) is 9.97 Å². The van der Waals surface area contributed by atoms with E-state index in [0.29, 0.717) is 25.6 Å². The number of hydrogen-bond donors (Lipinski definition) is 1. The molecule has 2 rings (SSSR count). The van der Waals surface area contributed by atoms with Crippen LogP contribution in [0.1, 0.15) is 24.4 Å². The van der Waals surface area contributed by atoms with Gasteiger partial charge in [0.25, 0.3) is 0 Å². The number of rotatable bonds is 5. The van der Waals surface area contributed by atoms with Crippen molar-refractivity contribution >= 4 is 21.7 Å². The lowest BCUT2D eigenvalue weighted by Crippen LogP contribution is -2.37. The summed E-state index contributed by atoms with van der Waals surface area (Å²) in [6, 6.07) is 0. The van der Waals surface area contributed by atoms with Crippen LogP contribution in [0.5, 0.6) is 0 Å². The zero-order valence-electron chi connectivity index (χ0n) is 12.0. The Balaban J connectivity index is 2.46. The van der Waals surface area contributed by atoms with Crippen molar-refractivity contribution in [2.45, 2.75) is 25.0 Å². The van der Waals surface area contributed by atoms with Crippen molar-refractivity contribution in [1.29, 1.82) is 0 Å². The minimum atomic E-state index is -0.479. The third kappa shape index (κ3) is 2.95. The molecule has 6 nitrogen and oxygen atoms in total. The Kier molecular flexibility index (Phi) is 5.31. The lowest BCUT2D eigenvalue weighted by atomic mass is 9.93. The zero-order chi connectivity index (χ0) is 14.6. The highest BCUT2D eigenvalue weighted by Crippen LogP contribution is 2.36. The van der Waals surface area contributed by atoms with Crippen molar-refractivity contribution < 1.29 is 14.2 Å². The fraction of sp³-hybridized carbons (Fsp3) is 0.692. The first-order valence-corrected chi connectivity index (χ1v) is 7.32. The molecule has 2 heterocycles. The minimum Gasteiger partial charge on any atom is -0.381 e. The Morgan fingerprint density at radius 3 is 2.55 bits per heavy atom. The predicted octanol–water partition coefficient (Wildman–Crippen LogP) is 2.08. The number of nitrogens with one attached hydrogen (secondary N) is 1. The molecule has 1 aromatic heterocycles. The van der Waals surface area contributed by atoms with Gasteiger partial charge in [-0.15, -0.1) is 0 Å². The van der Waals surface area contributed by atoms with Crippen LogP contribution in [0.15, 0.2) is 4.47 Å². The van der Waals surface area contributed by atoms with E-state index in [2.05, 4.69) is 31.2 Å². The largest absolute Gasteiger partial charge is 0.381 e. The van der Waals surface area contributed by atoms with E-state index in [9.17, 15) is 0 Å². The van der Waals surface area contributed by atoms with E-state index in [0.717, 1.165) is 28.8 Å². The highest BCUT2D eigenvalue weighted by molar-refractivity contribution is 9.10. The SMILES string of the molecule is CNc1nc(C2(OC)CCOCC2)nc(COC)c1Br. The summed E-state index contributed by atoms with van der Waals surface area (Å²) in [5.74, 6) is 1.42. The Labute approximate surface area is 127 Å². The van der Waals surface area contributed by atoms with Gasteiger partial charge in [-0.3, -0.25) is 0 Å². The van der Waals surface area contributed by atoms with Gasteiger partial charge in [-0.1, -0.05) is 0 Å². The standard InChI is InChI=1S/C13H20BrN3O3/c1-15-11-10(14)9(8-18-2)16-12(17-11)13(19-3)4-6-20-7-5-13/h4-8H2,1-3H3,(H,15,16,17). The summed E-state index contributed by atoms with van der Waals surface area (Å²) in [6.07, 6.45) is 1.50. The molecule has 1 aliphatic heterocycles. The van der Waals surface area contributed by atoms with Gasteiger partial charge in [0.1, 0.15) is 11.4 Å². The Hall–Kier alpha value is -0.760. The Morgan fingerprint density at radius 2 is 2.00 bits per heavy atom. The summed E-state index contributed by atoms with van der Waals surface area (Å²) in [5, 5.41) is 3.07. The van der Waals surface area contributed by atoms with E-state index < -0.39 is 5.60 Å². The highest BCUT2D eigenvalue weighted by Gasteiger charge is 2.38. The second-order valence-corrected chi connectivity index (χ2v) is 5.44. The molecule has 1 N–H and O–H groups in total. The predicted molar refractivity (Wildman–Crippen MR) is 78.7 cm³/mol. The van der Waals surface area contributed by atoms with Gasteiger partial charge in [-0.05, 0) is 15.9 Å². The molecule has 7 heteroatoms. The molecular formula is C13H20BrN3O3. The quantitative estimate of drug-likeness (QED) is 0.881. The summed E-state index contributed by atoms with van der Waals surface area (Å²) >= 11 is 3.51. The Morgan fingerprint density at radius 1 is 1.30 bits per heavy atom. The van der Waals surface area contributed by atoms with Crippen molar-refractivity contribution in [3.8, 4) is 0 Å². The van der Waals surface area contributed by atoms with E-state index in [1.165, 1.54) is 0 Å². The van der Waals surface area contributed by atoms with Gasteiger partial charge in [0.15, 0.2) is 5.82 Å². The average Bonchev–Trinajstić information content (AvgIpc) is 2.50. The molecule has 0 radical (unpaired) electrons. The molecule has 112 valence electrons. The summed E-state index contributed by atoms with van der Waals surface area (Å²) < 4.78 is 17.2. The molecule has 0 aliphatic carbocycles. The van der Waals surface area contributed by atoms with E-state index in [4.69, 9.17) is 14.2 Å². The second kappa shape index (κ2) is 6.80. The zero-order valence-corrected chi connectivity index (χ0v) is 13.6. The monoisotopic (exact) mass is 345 g/mol. The van der Waals surface area contributed by atoms with Crippen LogP contribution >= 0.6 is 15.9 Å². The van der Waals surface area contributed by atoms with Gasteiger partial charge in [-0.25, -0.2) is 9.97 Å². The van der Waals surface area contributed by atoms with Crippen LogP contribution in [0.4, 0.5) is 5.82 Å². The molecule has 1 aliphatic rings. The molecule has 1 fully saturated rings. The molecule has 0 amide bonds. The molecule has 0 unspecified atom stereocenters. The lowest BCUT2D eigenvalue weighted by Gasteiger charge is -2.34. The minimum absolute atomic E-state index is 0.418. The van der Waals surface area contributed by atoms with Crippen LogP contribution in [-0.4, -0.2) is 44.4 Å². The summed E-state index contributed by atoms with van der Waals surface area (Å²) in [4.78, 5) is 9.23. The fourth-order valence-corrected chi connectivity index (χ4v) is 2.81. The summed E-state index contributed by atoms with van der Waals surface area (Å²) in [7, 11) is 5.18. The summed E-state index contributed by atoms with van der Waals surface area (Å²) in [6.45, 7) is 1.73. The van der Waals surface area contributed by atoms with Gasteiger partial charge >= 0.3 is 0 Å². The molecule has 1 aromatic rings. The van der Waals surface area contributed by atoms with Crippen LogP contribution in [0.25, 0.3) is 0 Å². The van der Waals surface area contributed by atoms with Gasteiger partial charge in [-0.2, -0.15) is 0 Å². The fourth-order valence-electron chi connectivity index (χ4n) is 2.32. The van der Waals surface area contributed by atoms with Crippen LogP contribution in [0, 0.1) is 0 Å². The van der Waals surface area contributed by atoms with Crippen molar-refractivity contribution in [2.75, 3.05) is 39.8 Å². The number of halogens is 1. The van der Waals surface area contributed by atoms with Gasteiger partial charge < -0.3 is 19.5 Å². The molecule has 0 aromatic carbocycles. The number of nitrogens with zero attached hydrogens (tertiary/aromatic N) is 2. The highest BCUT2D eigenvalue weighted by atomic mass is 79.9. The third-order valence-electron chi connectivity index (χ3n) is 3.54. The molecular weight excluding hydrogens is 326 g/mol. The van der Waals surface area contributed by atoms with Crippen molar-refractivity contribution in [2.24, 2.45) is 0 Å². The van der Waals surface area contributed by atoms with E-state index in [1.807, 2.05) is 7.05 Å². The Bertz CT molecular complexity index is 464. The number of ether oxygens (including phenoxy) is 3. The van der Waals surface area contributed by atoms with E-state index >= 15 is 0 Å². The van der Waals surface area contributed by atoms with E-state index in [1.54, 1.807) is 14.2 Å². The molecule has 1 saturated heterocycles. The van der Waals surface area contributed by atoms with Crippen molar-refractivity contribution in [3.63, 3.8) is 0 Å². The number of hydrogen-bond acceptors (Lipinski definition) is 6. The lowest BCUT2D eigenvalue weighted by molar-refractivity contribution is -0.100. The second-order valence-electron chi connectivity index (χ2n) is 4.65. The van der Waals surface area contributed by atoms with Crippen LogP contribution in [0.3, 0.4) is 0 Å². The smallest absolute Gasteiger partial charge is 0.163 e. The van der Waals surface area contributed by atoms with E-state index in [-0.39, 0.29) is 0 Å². The first kappa shape index (κ1) is 15.6. The molecule has 0 atom stereocenters. The normalized spacial score (nSPS) is 18.0. The molecule has 0 spiro atoms. The number of anilines is 1. The third-order valence-corrected chi connectivity index (χ3v) is 4.37. The maximum atomic E-state index is 5.75. The maximum Gasteiger partial charge on any atom is 0.163 e. The molecule has 0 saturated carbocycles. The number of methoxy groups -OCH3 is 2. The van der Waals surface area contributed by atoms with Gasteiger partial charge in [0.05, 0.1) is 16.8 Å². The first-order chi connectivity index (χ1) is 9.66. The van der Waals surface area contributed by atoms with Crippen LogP contribution in [0.2, 0.25) is 0 Å². The maximum absolute atomic E-state index is 5.75. The van der Waals surface area contributed by atoms with Gasteiger partial charge in [0.2, 0.25) is 0 Å². The number of aromatic nitrogens is 2. The topological polar surface area (TPSA) is 65.5 Å².